The molecule has 0 fully saturated rings. The fraction of sp³-hybridized carbons (Fsp3) is 0.125. The molecule has 1 rings (SSSR count). The van der Waals surface area contributed by atoms with Gasteiger partial charge in [-0.25, -0.2) is 0 Å². The molecule has 2 nitrogen and oxygen atoms in total. The lowest BCUT2D eigenvalue weighted by atomic mass is 10.3. The Morgan fingerprint density at radius 1 is 1.42 bits per heavy atom. The van der Waals surface area contributed by atoms with Crippen LogP contribution in [0.3, 0.4) is 0 Å². The Balaban J connectivity index is 2.53. The first-order chi connectivity index (χ1) is 5.68. The standard InChI is InChI=1S/C8H7ClO2S/c9-6-1-3-7(4-2-6)11-5-8(10)12/h1-4H,5H2,(H,10,12)/p-1. The normalized spacial score (nSPS) is 9.42. The molecule has 0 amide bonds. The van der Waals surface area contributed by atoms with Crippen molar-refractivity contribution in [1.29, 1.82) is 0 Å². The van der Waals surface area contributed by atoms with Crippen molar-refractivity contribution < 1.29 is 9.53 Å². The number of carbonyl (C=O) groups excluding carboxylic acids is 1. The summed E-state index contributed by atoms with van der Waals surface area (Å²) < 4.78 is 5.01. The SMILES string of the molecule is O=C([S-])COc1ccc(Cl)cc1. The van der Waals surface area contributed by atoms with Crippen molar-refractivity contribution in [1.82, 2.24) is 0 Å². The molecule has 0 saturated heterocycles. The monoisotopic (exact) mass is 201 g/mol. The number of ether oxygens (including phenoxy) is 1. The van der Waals surface area contributed by atoms with Crippen LogP contribution in [-0.2, 0) is 17.4 Å². The van der Waals surface area contributed by atoms with E-state index < -0.39 is 5.12 Å². The van der Waals surface area contributed by atoms with Crippen LogP contribution in [0.15, 0.2) is 24.3 Å². The van der Waals surface area contributed by atoms with Crippen LogP contribution < -0.4 is 4.74 Å². The Labute approximate surface area is 80.9 Å². The maximum Gasteiger partial charge on any atom is 0.125 e. The van der Waals surface area contributed by atoms with E-state index >= 15 is 0 Å². The molecule has 0 atom stereocenters. The van der Waals surface area contributed by atoms with Gasteiger partial charge in [0.25, 0.3) is 0 Å². The lowest BCUT2D eigenvalue weighted by molar-refractivity contribution is -0.112. The maximum absolute atomic E-state index is 10.3. The van der Waals surface area contributed by atoms with Crippen LogP contribution in [0.4, 0.5) is 0 Å². The third kappa shape index (κ3) is 3.07. The van der Waals surface area contributed by atoms with Crippen molar-refractivity contribution in [2.45, 2.75) is 0 Å². The summed E-state index contributed by atoms with van der Waals surface area (Å²) in [5, 5.41) is 0.219. The molecule has 0 spiro atoms. The zero-order chi connectivity index (χ0) is 8.97. The number of halogens is 1. The van der Waals surface area contributed by atoms with Gasteiger partial charge in [0.2, 0.25) is 0 Å². The molecule has 0 aliphatic carbocycles. The van der Waals surface area contributed by atoms with Gasteiger partial charge in [-0.3, -0.25) is 0 Å². The van der Waals surface area contributed by atoms with Gasteiger partial charge in [0.15, 0.2) is 0 Å². The average Bonchev–Trinajstić information content (AvgIpc) is 2.03. The van der Waals surface area contributed by atoms with Crippen LogP contribution in [0.1, 0.15) is 0 Å². The first-order valence-corrected chi connectivity index (χ1v) is 4.05. The second-order valence-corrected chi connectivity index (χ2v) is 3.01. The van der Waals surface area contributed by atoms with Crippen molar-refractivity contribution in [3.05, 3.63) is 29.3 Å². The molecule has 4 heteroatoms. The van der Waals surface area contributed by atoms with E-state index in [-0.39, 0.29) is 6.61 Å². The quantitative estimate of drug-likeness (QED) is 0.698. The van der Waals surface area contributed by atoms with Crippen molar-refractivity contribution in [2.24, 2.45) is 0 Å². The van der Waals surface area contributed by atoms with E-state index in [0.29, 0.717) is 10.8 Å². The van der Waals surface area contributed by atoms with Crippen LogP contribution in [0, 0.1) is 0 Å². The predicted molar refractivity (Wildman–Crippen MR) is 49.3 cm³/mol. The Morgan fingerprint density at radius 2 is 2.00 bits per heavy atom. The van der Waals surface area contributed by atoms with Gasteiger partial charge < -0.3 is 22.2 Å². The second-order valence-electron chi connectivity index (χ2n) is 2.11. The van der Waals surface area contributed by atoms with E-state index in [9.17, 15) is 4.79 Å². The van der Waals surface area contributed by atoms with Crippen LogP contribution in [0.5, 0.6) is 5.75 Å². The van der Waals surface area contributed by atoms with E-state index in [4.69, 9.17) is 16.3 Å². The van der Waals surface area contributed by atoms with Gasteiger partial charge in [-0.2, -0.15) is 0 Å². The van der Waals surface area contributed by atoms with E-state index in [1.165, 1.54) is 0 Å². The summed E-state index contributed by atoms with van der Waals surface area (Å²) in [5.74, 6) is 0.595. The molecule has 1 aromatic carbocycles. The largest absolute Gasteiger partial charge is 0.739 e. The fourth-order valence-electron chi connectivity index (χ4n) is 0.673. The van der Waals surface area contributed by atoms with Crippen LogP contribution >= 0.6 is 11.6 Å². The molecule has 0 heterocycles. The molecule has 0 radical (unpaired) electrons. The molecule has 64 valence electrons. The summed E-state index contributed by atoms with van der Waals surface area (Å²) in [6.45, 7) is -0.0725. The van der Waals surface area contributed by atoms with Gasteiger partial charge in [0.05, 0.1) is 0 Å². The van der Waals surface area contributed by atoms with E-state index in [1.807, 2.05) is 0 Å². The molecule has 0 saturated carbocycles. The molecule has 0 unspecified atom stereocenters. The smallest absolute Gasteiger partial charge is 0.125 e. The van der Waals surface area contributed by atoms with Gasteiger partial charge in [-0.1, -0.05) is 11.6 Å². The minimum absolute atomic E-state index is 0.0725. The molecular weight excluding hydrogens is 196 g/mol. The Hall–Kier alpha value is -0.800. The first kappa shape index (κ1) is 9.29. The molecular formula is C8H6ClO2S-. The van der Waals surface area contributed by atoms with E-state index in [2.05, 4.69) is 12.6 Å². The molecule has 0 N–H and O–H groups in total. The van der Waals surface area contributed by atoms with Gasteiger partial charge in [0, 0.05) is 10.1 Å². The zero-order valence-corrected chi connectivity index (χ0v) is 7.69. The summed E-state index contributed by atoms with van der Waals surface area (Å²) in [7, 11) is 0. The number of rotatable bonds is 3. The molecule has 0 aliphatic rings. The third-order valence-corrected chi connectivity index (χ3v) is 1.54. The lowest BCUT2D eigenvalue weighted by Gasteiger charge is -2.06. The van der Waals surface area contributed by atoms with Crippen molar-refractivity contribution in [3.63, 3.8) is 0 Å². The average molecular weight is 202 g/mol. The van der Waals surface area contributed by atoms with Crippen molar-refractivity contribution >= 4 is 29.3 Å². The number of hydrogen-bond donors (Lipinski definition) is 0. The highest BCUT2D eigenvalue weighted by molar-refractivity contribution is 7.77. The molecule has 0 aromatic heterocycles. The van der Waals surface area contributed by atoms with Gasteiger partial charge in [-0.05, 0) is 24.3 Å². The maximum atomic E-state index is 10.3. The summed E-state index contributed by atoms with van der Waals surface area (Å²) in [6.07, 6.45) is 0. The highest BCUT2D eigenvalue weighted by atomic mass is 35.5. The Bertz CT molecular complexity index is 271. The van der Waals surface area contributed by atoms with Gasteiger partial charge in [0.1, 0.15) is 12.4 Å². The van der Waals surface area contributed by atoms with Crippen molar-refractivity contribution in [2.75, 3.05) is 6.61 Å². The molecule has 0 bridgehead atoms. The summed E-state index contributed by atoms with van der Waals surface area (Å²) in [5.41, 5.74) is 0. The Morgan fingerprint density at radius 3 is 2.50 bits per heavy atom. The Kier molecular flexibility index (Phi) is 3.31. The van der Waals surface area contributed by atoms with Crippen LogP contribution in [0.25, 0.3) is 0 Å². The molecule has 12 heavy (non-hydrogen) atoms. The van der Waals surface area contributed by atoms with Gasteiger partial charge in [-0.15, -0.1) is 0 Å². The highest BCUT2D eigenvalue weighted by Gasteiger charge is 1.92. The minimum atomic E-state index is -0.412. The van der Waals surface area contributed by atoms with Crippen LogP contribution in [0.2, 0.25) is 5.02 Å². The topological polar surface area (TPSA) is 26.3 Å². The predicted octanol–water partition coefficient (Wildman–Crippen LogP) is 1.79. The molecule has 0 aliphatic heterocycles. The minimum Gasteiger partial charge on any atom is -0.739 e. The summed E-state index contributed by atoms with van der Waals surface area (Å²) in [4.78, 5) is 10.3. The van der Waals surface area contributed by atoms with E-state index in [1.54, 1.807) is 24.3 Å². The number of benzene rings is 1. The fourth-order valence-corrected chi connectivity index (χ4v) is 0.858. The lowest BCUT2D eigenvalue weighted by Crippen LogP contribution is -2.06. The van der Waals surface area contributed by atoms with Crippen molar-refractivity contribution in [3.8, 4) is 5.75 Å². The van der Waals surface area contributed by atoms with Crippen LogP contribution in [-0.4, -0.2) is 11.7 Å². The molecule has 1 aromatic rings. The second kappa shape index (κ2) is 4.28. The van der Waals surface area contributed by atoms with Gasteiger partial charge >= 0.3 is 0 Å². The number of carbonyl (C=O) groups is 1. The highest BCUT2D eigenvalue weighted by Crippen LogP contribution is 2.15. The first-order valence-electron chi connectivity index (χ1n) is 3.26. The van der Waals surface area contributed by atoms with E-state index in [0.717, 1.165) is 0 Å². The number of hydrogen-bond acceptors (Lipinski definition) is 3. The zero-order valence-electron chi connectivity index (χ0n) is 6.12. The third-order valence-electron chi connectivity index (χ3n) is 1.17. The summed E-state index contributed by atoms with van der Waals surface area (Å²) >= 11 is 9.95. The summed E-state index contributed by atoms with van der Waals surface area (Å²) in [6, 6.07) is 6.73.